The molecular weight excluding hydrogens is 200 g/mol. The number of nitrogens with zero attached hydrogens (tertiary/aromatic N) is 3. The highest BCUT2D eigenvalue weighted by atomic mass is 14.9. The predicted octanol–water partition coefficient (Wildman–Crippen LogP) is 1.96. The molecule has 2 heterocycles. The summed E-state index contributed by atoms with van der Waals surface area (Å²) in [6.45, 7) is 0.635. The summed E-state index contributed by atoms with van der Waals surface area (Å²) >= 11 is 0. The summed E-state index contributed by atoms with van der Waals surface area (Å²) < 4.78 is 0. The Hall–Kier alpha value is -2.41. The molecule has 4 heteroatoms. The van der Waals surface area contributed by atoms with Crippen LogP contribution in [0, 0.1) is 11.3 Å². The lowest BCUT2D eigenvalue weighted by molar-refractivity contribution is 1.04. The van der Waals surface area contributed by atoms with Gasteiger partial charge in [0.25, 0.3) is 0 Å². The molecular formula is C12H10N4. The molecule has 0 unspecified atom stereocenters. The van der Waals surface area contributed by atoms with Crippen molar-refractivity contribution < 1.29 is 0 Å². The number of rotatable bonds is 3. The third-order valence-electron chi connectivity index (χ3n) is 2.07. The summed E-state index contributed by atoms with van der Waals surface area (Å²) in [7, 11) is 0. The molecule has 0 saturated heterocycles. The summed E-state index contributed by atoms with van der Waals surface area (Å²) in [6.07, 6.45) is 3.36. The largest absolute Gasteiger partial charge is 0.379 e. The second-order valence-corrected chi connectivity index (χ2v) is 3.22. The molecule has 2 rings (SSSR count). The molecule has 16 heavy (non-hydrogen) atoms. The lowest BCUT2D eigenvalue weighted by Crippen LogP contribution is -2.01. The van der Waals surface area contributed by atoms with Crippen molar-refractivity contribution in [1.29, 1.82) is 5.26 Å². The molecule has 78 valence electrons. The zero-order chi connectivity index (χ0) is 11.2. The Kier molecular flexibility index (Phi) is 3.10. The van der Waals surface area contributed by atoms with Crippen LogP contribution in [-0.2, 0) is 6.54 Å². The molecule has 0 saturated carbocycles. The molecule has 0 aliphatic heterocycles. The smallest absolute Gasteiger partial charge is 0.142 e. The maximum Gasteiger partial charge on any atom is 0.142 e. The highest BCUT2D eigenvalue weighted by Crippen LogP contribution is 2.08. The molecule has 0 fully saturated rings. The fraction of sp³-hybridized carbons (Fsp3) is 0.0833. The summed E-state index contributed by atoms with van der Waals surface area (Å²) in [4.78, 5) is 8.09. The van der Waals surface area contributed by atoms with E-state index in [1.165, 1.54) is 0 Å². The Morgan fingerprint density at radius 3 is 2.88 bits per heavy atom. The van der Waals surface area contributed by atoms with E-state index in [1.807, 2.05) is 30.3 Å². The maximum atomic E-state index is 8.69. The first-order valence-electron chi connectivity index (χ1n) is 4.88. The van der Waals surface area contributed by atoms with Crippen molar-refractivity contribution >= 4 is 5.69 Å². The van der Waals surface area contributed by atoms with E-state index in [1.54, 1.807) is 18.5 Å². The minimum Gasteiger partial charge on any atom is -0.379 e. The van der Waals surface area contributed by atoms with Crippen LogP contribution in [0.3, 0.4) is 0 Å². The molecule has 0 spiro atoms. The number of hydrogen-bond donors (Lipinski definition) is 1. The van der Waals surface area contributed by atoms with Gasteiger partial charge in [0.2, 0.25) is 0 Å². The Balaban J connectivity index is 2.03. The second-order valence-electron chi connectivity index (χ2n) is 3.22. The van der Waals surface area contributed by atoms with Gasteiger partial charge in [0.15, 0.2) is 0 Å². The van der Waals surface area contributed by atoms with Gasteiger partial charge in [-0.2, -0.15) is 5.26 Å². The van der Waals surface area contributed by atoms with E-state index in [0.717, 1.165) is 11.4 Å². The van der Waals surface area contributed by atoms with Crippen molar-refractivity contribution in [1.82, 2.24) is 9.97 Å². The highest BCUT2D eigenvalue weighted by Gasteiger charge is 1.96. The zero-order valence-electron chi connectivity index (χ0n) is 8.59. The van der Waals surface area contributed by atoms with Crippen LogP contribution in [0.25, 0.3) is 0 Å². The molecule has 0 amide bonds. The van der Waals surface area contributed by atoms with Crippen molar-refractivity contribution in [2.75, 3.05) is 5.32 Å². The van der Waals surface area contributed by atoms with Gasteiger partial charge in [-0.3, -0.25) is 4.98 Å². The Labute approximate surface area is 93.6 Å². The summed E-state index contributed by atoms with van der Waals surface area (Å²) in [6, 6.07) is 11.3. The Bertz CT molecular complexity index is 502. The van der Waals surface area contributed by atoms with E-state index in [2.05, 4.69) is 15.3 Å². The molecule has 4 nitrogen and oxygen atoms in total. The fourth-order valence-electron chi connectivity index (χ4n) is 1.30. The van der Waals surface area contributed by atoms with Crippen LogP contribution in [-0.4, -0.2) is 9.97 Å². The molecule has 1 N–H and O–H groups in total. The van der Waals surface area contributed by atoms with Gasteiger partial charge in [-0.05, 0) is 24.3 Å². The number of aromatic nitrogens is 2. The lowest BCUT2D eigenvalue weighted by atomic mass is 10.3. The van der Waals surface area contributed by atoms with Crippen LogP contribution in [0.4, 0.5) is 5.69 Å². The van der Waals surface area contributed by atoms with Gasteiger partial charge >= 0.3 is 0 Å². The van der Waals surface area contributed by atoms with Crippen molar-refractivity contribution in [3.8, 4) is 6.07 Å². The summed E-state index contributed by atoms with van der Waals surface area (Å²) in [5, 5.41) is 11.9. The average Bonchev–Trinajstić information content (AvgIpc) is 2.38. The normalized spacial score (nSPS) is 9.44. The first-order valence-corrected chi connectivity index (χ1v) is 4.88. The number of nitriles is 1. The minimum absolute atomic E-state index is 0.408. The molecule has 0 bridgehead atoms. The van der Waals surface area contributed by atoms with Gasteiger partial charge in [-0.25, -0.2) is 4.98 Å². The van der Waals surface area contributed by atoms with Crippen molar-refractivity contribution in [3.05, 3.63) is 54.1 Å². The van der Waals surface area contributed by atoms with Gasteiger partial charge in [0.1, 0.15) is 11.8 Å². The van der Waals surface area contributed by atoms with Crippen molar-refractivity contribution in [2.45, 2.75) is 6.54 Å². The second kappa shape index (κ2) is 4.89. The summed E-state index contributed by atoms with van der Waals surface area (Å²) in [5.41, 5.74) is 2.24. The molecule has 0 aliphatic carbocycles. The van der Waals surface area contributed by atoms with Crippen LogP contribution in [0.15, 0.2) is 42.7 Å². The number of pyridine rings is 2. The van der Waals surface area contributed by atoms with E-state index in [0.29, 0.717) is 12.2 Å². The molecule has 0 atom stereocenters. The van der Waals surface area contributed by atoms with E-state index >= 15 is 0 Å². The summed E-state index contributed by atoms with van der Waals surface area (Å²) in [5.74, 6) is 0. The molecule has 2 aromatic rings. The van der Waals surface area contributed by atoms with Crippen LogP contribution >= 0.6 is 0 Å². The van der Waals surface area contributed by atoms with Crippen LogP contribution in [0.5, 0.6) is 0 Å². The van der Waals surface area contributed by atoms with Gasteiger partial charge in [-0.1, -0.05) is 6.07 Å². The average molecular weight is 210 g/mol. The topological polar surface area (TPSA) is 61.6 Å². The first kappa shape index (κ1) is 10.1. The maximum absolute atomic E-state index is 8.69. The van der Waals surface area contributed by atoms with Crippen LogP contribution in [0.2, 0.25) is 0 Å². The third-order valence-corrected chi connectivity index (χ3v) is 2.07. The standard InChI is InChI=1S/C12H10N4/c13-8-12-7-10(4-6-15-12)16-9-11-3-1-2-5-14-11/h1-7H,9H2,(H,15,16). The Morgan fingerprint density at radius 1 is 1.19 bits per heavy atom. The van der Waals surface area contributed by atoms with Gasteiger partial charge in [0.05, 0.1) is 12.2 Å². The van der Waals surface area contributed by atoms with Gasteiger partial charge in [0, 0.05) is 18.1 Å². The lowest BCUT2D eigenvalue weighted by Gasteiger charge is -2.05. The van der Waals surface area contributed by atoms with Crippen LogP contribution < -0.4 is 5.32 Å². The van der Waals surface area contributed by atoms with Crippen molar-refractivity contribution in [3.63, 3.8) is 0 Å². The zero-order valence-corrected chi connectivity index (χ0v) is 8.59. The quantitative estimate of drug-likeness (QED) is 0.841. The Morgan fingerprint density at radius 2 is 2.12 bits per heavy atom. The fourth-order valence-corrected chi connectivity index (χ4v) is 1.30. The highest BCUT2D eigenvalue weighted by molar-refractivity contribution is 5.45. The van der Waals surface area contributed by atoms with E-state index in [9.17, 15) is 0 Å². The minimum atomic E-state index is 0.408. The monoisotopic (exact) mass is 210 g/mol. The predicted molar refractivity (Wildman–Crippen MR) is 60.5 cm³/mol. The number of anilines is 1. The third kappa shape index (κ3) is 2.55. The van der Waals surface area contributed by atoms with E-state index < -0.39 is 0 Å². The molecule has 0 aliphatic rings. The van der Waals surface area contributed by atoms with E-state index in [-0.39, 0.29) is 0 Å². The van der Waals surface area contributed by atoms with Crippen LogP contribution in [0.1, 0.15) is 11.4 Å². The molecule has 0 radical (unpaired) electrons. The van der Waals surface area contributed by atoms with Gasteiger partial charge in [-0.15, -0.1) is 0 Å². The van der Waals surface area contributed by atoms with Crippen molar-refractivity contribution in [2.24, 2.45) is 0 Å². The number of nitrogens with one attached hydrogen (secondary N) is 1. The first-order chi connectivity index (χ1) is 7.88. The SMILES string of the molecule is N#Cc1cc(NCc2ccccn2)ccn1. The van der Waals surface area contributed by atoms with E-state index in [4.69, 9.17) is 5.26 Å². The number of hydrogen-bond acceptors (Lipinski definition) is 4. The molecule has 2 aromatic heterocycles. The molecule has 0 aromatic carbocycles. The van der Waals surface area contributed by atoms with Gasteiger partial charge < -0.3 is 5.32 Å².